The van der Waals surface area contributed by atoms with Gasteiger partial charge in [-0.25, -0.2) is 9.37 Å². The van der Waals surface area contributed by atoms with E-state index >= 15 is 0 Å². The molecule has 3 nitrogen and oxygen atoms in total. The maximum Gasteiger partial charge on any atom is 0.268 e. The predicted octanol–water partition coefficient (Wildman–Crippen LogP) is 5.10. The van der Waals surface area contributed by atoms with E-state index in [1.165, 1.54) is 12.1 Å². The Morgan fingerprint density at radius 3 is 2.86 bits per heavy atom. The molecule has 1 aromatic carbocycles. The molecular formula is C14H7BrClFN2OS. The summed E-state index contributed by atoms with van der Waals surface area (Å²) >= 11 is 10.6. The minimum Gasteiger partial charge on any atom is -0.306 e. The highest BCUT2D eigenvalue weighted by Crippen LogP contribution is 2.36. The lowest BCUT2D eigenvalue weighted by molar-refractivity contribution is 0.103. The van der Waals surface area contributed by atoms with Gasteiger partial charge in [0, 0.05) is 20.8 Å². The molecule has 0 aliphatic heterocycles. The van der Waals surface area contributed by atoms with Gasteiger partial charge in [0.15, 0.2) is 0 Å². The smallest absolute Gasteiger partial charge is 0.268 e. The lowest BCUT2D eigenvalue weighted by Gasteiger charge is -2.02. The Morgan fingerprint density at radius 2 is 2.14 bits per heavy atom. The fourth-order valence-corrected chi connectivity index (χ4v) is 3.48. The summed E-state index contributed by atoms with van der Waals surface area (Å²) < 4.78 is 14.7. The Morgan fingerprint density at radius 1 is 1.33 bits per heavy atom. The summed E-state index contributed by atoms with van der Waals surface area (Å²) in [6.07, 6.45) is 1.58. The normalized spacial score (nSPS) is 10.8. The number of hydrogen-bond acceptors (Lipinski definition) is 3. The summed E-state index contributed by atoms with van der Waals surface area (Å²) in [6.45, 7) is 0. The van der Waals surface area contributed by atoms with E-state index in [1.54, 1.807) is 24.4 Å². The number of fused-ring (bicyclic) bond motifs is 1. The lowest BCUT2D eigenvalue weighted by Crippen LogP contribution is -2.11. The second-order valence-corrected chi connectivity index (χ2v) is 6.55. The van der Waals surface area contributed by atoms with E-state index < -0.39 is 0 Å². The van der Waals surface area contributed by atoms with Crippen molar-refractivity contribution in [1.82, 2.24) is 4.98 Å². The Labute approximate surface area is 136 Å². The highest BCUT2D eigenvalue weighted by Gasteiger charge is 2.17. The number of amides is 1. The molecule has 0 saturated carbocycles. The molecule has 0 bridgehead atoms. The molecule has 3 rings (SSSR count). The Bertz CT molecular complexity index is 835. The highest BCUT2D eigenvalue weighted by molar-refractivity contribution is 9.10. The van der Waals surface area contributed by atoms with Gasteiger partial charge < -0.3 is 5.32 Å². The van der Waals surface area contributed by atoms with Crippen molar-refractivity contribution in [1.29, 1.82) is 0 Å². The van der Waals surface area contributed by atoms with Crippen LogP contribution in [-0.4, -0.2) is 10.9 Å². The molecule has 21 heavy (non-hydrogen) atoms. The van der Waals surface area contributed by atoms with E-state index in [-0.39, 0.29) is 11.7 Å². The van der Waals surface area contributed by atoms with Crippen LogP contribution in [0.4, 0.5) is 10.2 Å². The van der Waals surface area contributed by atoms with Crippen molar-refractivity contribution in [2.75, 3.05) is 5.32 Å². The lowest BCUT2D eigenvalue weighted by atomic mass is 10.2. The molecule has 7 heteroatoms. The standard InChI is InChI=1S/C14H7BrClFN2OS/c15-7-1-4-11(18-6-7)19-14(20)13-12(16)9-3-2-8(17)5-10(9)21-13/h1-6H,(H,18,19,20). The second kappa shape index (κ2) is 5.71. The molecule has 0 aliphatic rings. The fraction of sp³-hybridized carbons (Fsp3) is 0. The highest BCUT2D eigenvalue weighted by atomic mass is 79.9. The van der Waals surface area contributed by atoms with Gasteiger partial charge in [0.05, 0.1) is 5.02 Å². The quantitative estimate of drug-likeness (QED) is 0.666. The number of pyridine rings is 1. The van der Waals surface area contributed by atoms with Crippen LogP contribution in [0.15, 0.2) is 41.0 Å². The van der Waals surface area contributed by atoms with Crippen LogP contribution in [0.3, 0.4) is 0 Å². The summed E-state index contributed by atoms with van der Waals surface area (Å²) in [5.41, 5.74) is 0. The van der Waals surface area contributed by atoms with Crippen molar-refractivity contribution in [2.24, 2.45) is 0 Å². The largest absolute Gasteiger partial charge is 0.306 e. The molecule has 2 aromatic heterocycles. The second-order valence-electron chi connectivity index (χ2n) is 4.20. The molecule has 0 saturated heterocycles. The maximum absolute atomic E-state index is 13.2. The molecule has 1 amide bonds. The molecule has 0 atom stereocenters. The third kappa shape index (κ3) is 2.92. The minimum atomic E-state index is -0.364. The zero-order valence-corrected chi connectivity index (χ0v) is 13.5. The SMILES string of the molecule is O=C(Nc1ccc(Br)cn1)c1sc2cc(F)ccc2c1Cl. The van der Waals surface area contributed by atoms with Crippen LogP contribution in [0, 0.1) is 5.82 Å². The third-order valence-electron chi connectivity index (χ3n) is 2.77. The first-order chi connectivity index (χ1) is 10.0. The summed E-state index contributed by atoms with van der Waals surface area (Å²) in [5.74, 6) is -0.304. The fourth-order valence-electron chi connectivity index (χ4n) is 1.81. The van der Waals surface area contributed by atoms with Crippen LogP contribution in [0.25, 0.3) is 10.1 Å². The topological polar surface area (TPSA) is 42.0 Å². The number of rotatable bonds is 2. The van der Waals surface area contributed by atoms with Crippen LogP contribution in [-0.2, 0) is 0 Å². The monoisotopic (exact) mass is 384 g/mol. The maximum atomic E-state index is 13.2. The summed E-state index contributed by atoms with van der Waals surface area (Å²) in [7, 11) is 0. The minimum absolute atomic E-state index is 0.324. The van der Waals surface area contributed by atoms with Crippen molar-refractivity contribution < 1.29 is 9.18 Å². The van der Waals surface area contributed by atoms with Crippen LogP contribution < -0.4 is 5.32 Å². The number of thiophene rings is 1. The van der Waals surface area contributed by atoms with Gasteiger partial charge in [-0.15, -0.1) is 11.3 Å². The molecule has 3 aromatic rings. The van der Waals surface area contributed by atoms with Crippen molar-refractivity contribution >= 4 is 60.7 Å². The summed E-state index contributed by atoms with van der Waals surface area (Å²) in [4.78, 5) is 16.6. The summed E-state index contributed by atoms with van der Waals surface area (Å²) in [5, 5.41) is 3.65. The third-order valence-corrected chi connectivity index (χ3v) is 4.89. The van der Waals surface area contributed by atoms with Gasteiger partial charge >= 0.3 is 0 Å². The molecule has 0 radical (unpaired) electrons. The van der Waals surface area contributed by atoms with Crippen molar-refractivity contribution in [3.05, 3.63) is 56.7 Å². The molecular weight excluding hydrogens is 379 g/mol. The number of carbonyl (C=O) groups is 1. The zero-order valence-electron chi connectivity index (χ0n) is 10.4. The molecule has 0 aliphatic carbocycles. The molecule has 1 N–H and O–H groups in total. The van der Waals surface area contributed by atoms with Gasteiger partial charge in [-0.3, -0.25) is 4.79 Å². The molecule has 106 valence electrons. The van der Waals surface area contributed by atoms with Gasteiger partial charge in [-0.05, 0) is 46.3 Å². The average Bonchev–Trinajstić information content (AvgIpc) is 2.78. The van der Waals surface area contributed by atoms with Crippen LogP contribution in [0.5, 0.6) is 0 Å². The molecule has 2 heterocycles. The van der Waals surface area contributed by atoms with Gasteiger partial charge in [0.1, 0.15) is 16.5 Å². The van der Waals surface area contributed by atoms with E-state index in [0.29, 0.717) is 25.8 Å². The first kappa shape index (κ1) is 14.4. The Kier molecular flexibility index (Phi) is 3.93. The van der Waals surface area contributed by atoms with Crippen LogP contribution in [0.1, 0.15) is 9.67 Å². The number of carbonyl (C=O) groups excluding carboxylic acids is 1. The number of nitrogens with zero attached hydrogens (tertiary/aromatic N) is 1. The average molecular weight is 386 g/mol. The Hall–Kier alpha value is -1.50. The number of benzene rings is 1. The molecule has 0 unspecified atom stereocenters. The Balaban J connectivity index is 1.94. The molecule has 0 spiro atoms. The van der Waals surface area contributed by atoms with Crippen molar-refractivity contribution in [2.45, 2.75) is 0 Å². The number of nitrogens with one attached hydrogen (secondary N) is 1. The van der Waals surface area contributed by atoms with Gasteiger partial charge in [0.2, 0.25) is 0 Å². The van der Waals surface area contributed by atoms with Gasteiger partial charge in [-0.2, -0.15) is 0 Å². The summed E-state index contributed by atoms with van der Waals surface area (Å²) in [6, 6.07) is 7.69. The number of hydrogen-bond donors (Lipinski definition) is 1. The van der Waals surface area contributed by atoms with E-state index in [4.69, 9.17) is 11.6 Å². The first-order valence-electron chi connectivity index (χ1n) is 5.85. The van der Waals surface area contributed by atoms with E-state index in [9.17, 15) is 9.18 Å². The molecule has 0 fully saturated rings. The number of aromatic nitrogens is 1. The zero-order chi connectivity index (χ0) is 15.0. The first-order valence-corrected chi connectivity index (χ1v) is 7.84. The van der Waals surface area contributed by atoms with E-state index in [2.05, 4.69) is 26.2 Å². The van der Waals surface area contributed by atoms with Gasteiger partial charge in [-0.1, -0.05) is 11.6 Å². The van der Waals surface area contributed by atoms with Gasteiger partial charge in [0.25, 0.3) is 5.91 Å². The number of halogens is 3. The van der Waals surface area contributed by atoms with Crippen molar-refractivity contribution in [3.63, 3.8) is 0 Å². The van der Waals surface area contributed by atoms with E-state index in [0.717, 1.165) is 15.8 Å². The number of anilines is 1. The van der Waals surface area contributed by atoms with E-state index in [1.807, 2.05) is 0 Å². The van der Waals surface area contributed by atoms with Crippen LogP contribution >= 0.6 is 38.9 Å². The van der Waals surface area contributed by atoms with Crippen molar-refractivity contribution in [3.8, 4) is 0 Å². The predicted molar refractivity (Wildman–Crippen MR) is 86.7 cm³/mol. The van der Waals surface area contributed by atoms with Crippen LogP contribution in [0.2, 0.25) is 5.02 Å².